The molecule has 2 aromatic rings. The van der Waals surface area contributed by atoms with E-state index >= 15 is 0 Å². The minimum absolute atomic E-state index is 0.993. The van der Waals surface area contributed by atoms with E-state index in [0.29, 0.717) is 0 Å². The van der Waals surface area contributed by atoms with Gasteiger partial charge in [-0.2, -0.15) is 8.42 Å². The van der Waals surface area contributed by atoms with E-state index in [9.17, 15) is 8.42 Å². The summed E-state index contributed by atoms with van der Waals surface area (Å²) in [6.07, 6.45) is 0.993. The van der Waals surface area contributed by atoms with Crippen LogP contribution in [0.4, 0.5) is 0 Å². The van der Waals surface area contributed by atoms with Gasteiger partial charge in [0.15, 0.2) is 0 Å². The molecule has 2 rings (SSSR count). The molecule has 0 fully saturated rings. The number of fused-ring (bicyclic) bond motifs is 1. The monoisotopic (exact) mass is 328 g/mol. The lowest BCUT2D eigenvalue weighted by Crippen LogP contribution is -1.95. The van der Waals surface area contributed by atoms with Crippen molar-refractivity contribution in [2.24, 2.45) is 0 Å². The summed E-state index contributed by atoms with van der Waals surface area (Å²) in [6.45, 7) is 6.14. The zero-order chi connectivity index (χ0) is 17.6. The number of hydrogen-bond donors (Lipinski definition) is 0. The summed E-state index contributed by atoms with van der Waals surface area (Å²) in [5.74, 6) is 0. The topological polar surface area (TPSA) is 52.6 Å². The molecule has 0 saturated heterocycles. The summed E-state index contributed by atoms with van der Waals surface area (Å²) in [4.78, 5) is 0. The van der Waals surface area contributed by atoms with Crippen molar-refractivity contribution in [2.45, 2.75) is 20.8 Å². The Morgan fingerprint density at radius 1 is 0.864 bits per heavy atom. The maximum absolute atomic E-state index is 9.78. The number of ether oxygens (including phenoxy) is 1. The van der Waals surface area contributed by atoms with Crippen LogP contribution in [-0.4, -0.2) is 36.0 Å². The Morgan fingerprint density at radius 2 is 1.27 bits per heavy atom. The summed E-state index contributed by atoms with van der Waals surface area (Å²) >= 11 is 0. The predicted octanol–water partition coefficient (Wildman–Crippen LogP) is 4.03. The van der Waals surface area contributed by atoms with Gasteiger partial charge in [0, 0.05) is 14.2 Å². The summed E-state index contributed by atoms with van der Waals surface area (Å²) in [5.41, 5.74) is 1.35. The van der Waals surface area contributed by atoms with Crippen molar-refractivity contribution in [3.63, 3.8) is 0 Å². The smallest absolute Gasteiger partial charge is 0.264 e. The van der Waals surface area contributed by atoms with E-state index in [4.69, 9.17) is 0 Å². The molecule has 0 unspecified atom stereocenters. The Balaban J connectivity index is 0. The molecule has 22 heavy (non-hydrogen) atoms. The molecule has 0 aliphatic heterocycles. The van der Waals surface area contributed by atoms with Crippen LogP contribution in [0.5, 0.6) is 0 Å². The van der Waals surface area contributed by atoms with E-state index in [0.717, 1.165) is 13.4 Å². The first-order chi connectivity index (χ1) is 10.4. The van der Waals surface area contributed by atoms with Gasteiger partial charge in [0.1, 0.15) is 0 Å². The second-order valence-corrected chi connectivity index (χ2v) is 5.82. The lowest BCUT2D eigenvalue weighted by Gasteiger charge is -1.98. The van der Waals surface area contributed by atoms with Crippen LogP contribution in [0, 0.1) is 6.92 Å². The summed E-state index contributed by atoms with van der Waals surface area (Å²) < 4.78 is 27.7. The van der Waals surface area contributed by atoms with Gasteiger partial charge in [0.25, 0.3) is 10.1 Å². The Morgan fingerprint density at radius 3 is 1.68 bits per heavy atom. The highest BCUT2D eigenvalue weighted by Crippen LogP contribution is 2.16. The third kappa shape index (κ3) is 11.3. The molecule has 0 aliphatic rings. The highest BCUT2D eigenvalue weighted by Gasteiger charge is 1.92. The molecule has 0 saturated carbocycles. The van der Waals surface area contributed by atoms with Crippen molar-refractivity contribution >= 4 is 20.9 Å². The van der Waals surface area contributed by atoms with Crippen LogP contribution >= 0.6 is 0 Å². The predicted molar refractivity (Wildman–Crippen MR) is 94.8 cm³/mol. The fourth-order valence-electron chi connectivity index (χ4n) is 1.39. The van der Waals surface area contributed by atoms with Gasteiger partial charge in [0.2, 0.25) is 0 Å². The quantitative estimate of drug-likeness (QED) is 0.742. The molecule has 0 bridgehead atoms. The van der Waals surface area contributed by atoms with Crippen molar-refractivity contribution in [1.29, 1.82) is 0 Å². The van der Waals surface area contributed by atoms with Crippen LogP contribution in [0.2, 0.25) is 0 Å². The van der Waals surface area contributed by atoms with Crippen LogP contribution in [0.1, 0.15) is 19.4 Å². The Hall–Kier alpha value is -1.43. The van der Waals surface area contributed by atoms with Crippen molar-refractivity contribution in [1.82, 2.24) is 0 Å². The van der Waals surface area contributed by atoms with Crippen molar-refractivity contribution in [2.75, 3.05) is 27.6 Å². The first-order valence-electron chi connectivity index (χ1n) is 6.95. The lowest BCUT2D eigenvalue weighted by molar-refractivity contribution is 0.277. The average molecular weight is 328 g/mol. The van der Waals surface area contributed by atoms with Crippen molar-refractivity contribution in [3.05, 3.63) is 48.0 Å². The zero-order valence-corrected chi connectivity index (χ0v) is 15.4. The van der Waals surface area contributed by atoms with E-state index < -0.39 is 10.1 Å². The number of aryl methyl sites for hydroxylation is 1. The molecule has 0 spiro atoms. The molecular formula is C17H28O4S. The molecule has 2 aromatic carbocycles. The summed E-state index contributed by atoms with van der Waals surface area (Å²) in [5, 5.41) is 2.68. The van der Waals surface area contributed by atoms with Gasteiger partial charge in [0.05, 0.1) is 13.4 Å². The largest absolute Gasteiger partial charge is 0.388 e. The fourth-order valence-corrected chi connectivity index (χ4v) is 1.39. The number of methoxy groups -OCH3 is 1. The second-order valence-electron chi connectivity index (χ2n) is 4.08. The maximum atomic E-state index is 9.78. The van der Waals surface area contributed by atoms with E-state index in [1.165, 1.54) is 16.3 Å². The highest BCUT2D eigenvalue weighted by molar-refractivity contribution is 7.85. The molecule has 0 N–H and O–H groups in total. The standard InChI is InChI=1S/C11H10.C2H6O3S.C2H6O.C2H6/c1-9-5-4-7-10-6-2-3-8-11(9)10;1-5-6(2,3)4;1-3-2;1-2/h2-8H,1H3;1-2H3;1-2H3;1-2H3. The second kappa shape index (κ2) is 13.2. The number of hydrogen-bond acceptors (Lipinski definition) is 4. The molecule has 4 nitrogen and oxygen atoms in total. The molecular weight excluding hydrogens is 300 g/mol. The molecule has 0 atom stereocenters. The van der Waals surface area contributed by atoms with Gasteiger partial charge in [-0.1, -0.05) is 56.3 Å². The van der Waals surface area contributed by atoms with Gasteiger partial charge in [-0.05, 0) is 23.3 Å². The zero-order valence-electron chi connectivity index (χ0n) is 14.6. The normalized spacial score (nSPS) is 9.41. The minimum atomic E-state index is -3.16. The first kappa shape index (κ1) is 22.8. The molecule has 5 heteroatoms. The van der Waals surface area contributed by atoms with Gasteiger partial charge < -0.3 is 4.74 Å². The third-order valence-electron chi connectivity index (χ3n) is 2.31. The SMILES string of the molecule is CC.COC.COS(C)(=O)=O.Cc1cccc2ccccc12. The van der Waals surface area contributed by atoms with Crippen molar-refractivity contribution in [3.8, 4) is 0 Å². The van der Waals surface area contributed by atoms with Crippen LogP contribution < -0.4 is 0 Å². The molecule has 0 aliphatic carbocycles. The Labute approximate surface area is 135 Å². The van der Waals surface area contributed by atoms with Crippen LogP contribution in [0.15, 0.2) is 42.5 Å². The van der Waals surface area contributed by atoms with Gasteiger partial charge >= 0.3 is 0 Å². The molecule has 126 valence electrons. The first-order valence-corrected chi connectivity index (χ1v) is 8.77. The minimum Gasteiger partial charge on any atom is -0.388 e. The fraction of sp³-hybridized carbons (Fsp3) is 0.412. The maximum Gasteiger partial charge on any atom is 0.264 e. The molecule has 0 amide bonds. The van der Waals surface area contributed by atoms with Gasteiger partial charge in [-0.25, -0.2) is 0 Å². The lowest BCUT2D eigenvalue weighted by atomic mass is 10.1. The number of rotatable bonds is 1. The van der Waals surface area contributed by atoms with E-state index in [1.807, 2.05) is 13.8 Å². The van der Waals surface area contributed by atoms with E-state index in [2.05, 4.69) is 58.3 Å². The third-order valence-corrected chi connectivity index (χ3v) is 2.92. The van der Waals surface area contributed by atoms with Crippen LogP contribution in [0.25, 0.3) is 10.8 Å². The van der Waals surface area contributed by atoms with Crippen molar-refractivity contribution < 1.29 is 17.3 Å². The molecule has 0 aromatic heterocycles. The Kier molecular flexibility index (Phi) is 13.8. The average Bonchev–Trinajstić information content (AvgIpc) is 2.51. The van der Waals surface area contributed by atoms with Gasteiger partial charge in [-0.15, -0.1) is 0 Å². The van der Waals surface area contributed by atoms with Gasteiger partial charge in [-0.3, -0.25) is 4.18 Å². The highest BCUT2D eigenvalue weighted by atomic mass is 32.2. The molecule has 0 radical (unpaired) electrons. The summed E-state index contributed by atoms with van der Waals surface area (Å²) in [7, 11) is 1.21. The van der Waals surface area contributed by atoms with Crippen LogP contribution in [-0.2, 0) is 19.0 Å². The van der Waals surface area contributed by atoms with E-state index in [1.54, 1.807) is 14.2 Å². The van der Waals surface area contributed by atoms with E-state index in [-0.39, 0.29) is 0 Å². The molecule has 0 heterocycles. The van der Waals surface area contributed by atoms with Crippen LogP contribution in [0.3, 0.4) is 0 Å². The Bertz CT molecular complexity index is 602. The number of benzene rings is 2. The summed E-state index contributed by atoms with van der Waals surface area (Å²) in [6, 6.07) is 14.8.